The van der Waals surface area contributed by atoms with Crippen LogP contribution in [-0.2, 0) is 17.6 Å². The third-order valence-corrected chi connectivity index (χ3v) is 4.25. The fraction of sp³-hybridized carbons (Fsp3) is 0.435. The van der Waals surface area contributed by atoms with Crippen molar-refractivity contribution < 1.29 is 14.6 Å². The molecular weight excluding hydrogens is 352 g/mol. The second-order valence-electron chi connectivity index (χ2n) is 7.95. The normalized spacial score (nSPS) is 13.6. The summed E-state index contributed by atoms with van der Waals surface area (Å²) >= 11 is 0. The molecule has 0 aliphatic rings. The zero-order valence-corrected chi connectivity index (χ0v) is 17.0. The molecule has 0 saturated heterocycles. The average Bonchev–Trinajstić information content (AvgIpc) is 2.65. The van der Waals surface area contributed by atoms with E-state index in [4.69, 9.17) is 4.74 Å². The van der Waals surface area contributed by atoms with E-state index >= 15 is 0 Å². The lowest BCUT2D eigenvalue weighted by atomic mass is 10.0. The van der Waals surface area contributed by atoms with Gasteiger partial charge in [0.05, 0.1) is 12.1 Å². The minimum Gasteiger partial charge on any atom is -0.444 e. The molecule has 2 rings (SSSR count). The highest BCUT2D eigenvalue weighted by Gasteiger charge is 2.24. The van der Waals surface area contributed by atoms with E-state index in [0.717, 1.165) is 18.5 Å². The summed E-state index contributed by atoms with van der Waals surface area (Å²) in [4.78, 5) is 12.2. The Hall–Kier alpha value is -2.37. The van der Waals surface area contributed by atoms with Crippen LogP contribution in [0.2, 0.25) is 0 Å². The predicted octanol–water partition coefficient (Wildman–Crippen LogP) is 3.32. The fourth-order valence-electron chi connectivity index (χ4n) is 2.88. The van der Waals surface area contributed by atoms with Gasteiger partial charge >= 0.3 is 6.09 Å². The Labute approximate surface area is 168 Å². The monoisotopic (exact) mass is 384 g/mol. The van der Waals surface area contributed by atoms with Gasteiger partial charge in [0.25, 0.3) is 0 Å². The van der Waals surface area contributed by atoms with Gasteiger partial charge in [-0.15, -0.1) is 0 Å². The van der Waals surface area contributed by atoms with Gasteiger partial charge in [0.2, 0.25) is 0 Å². The van der Waals surface area contributed by atoms with Crippen LogP contribution in [0.1, 0.15) is 31.9 Å². The summed E-state index contributed by atoms with van der Waals surface area (Å²) in [5.41, 5.74) is 1.71. The topological polar surface area (TPSA) is 70.6 Å². The van der Waals surface area contributed by atoms with Crippen LogP contribution in [0.4, 0.5) is 4.79 Å². The summed E-state index contributed by atoms with van der Waals surface area (Å²) in [6, 6.07) is 19.6. The number of hydrogen-bond acceptors (Lipinski definition) is 4. The van der Waals surface area contributed by atoms with Gasteiger partial charge in [-0.2, -0.15) is 0 Å². The average molecular weight is 385 g/mol. The van der Waals surface area contributed by atoms with E-state index in [0.29, 0.717) is 13.0 Å². The third-order valence-electron chi connectivity index (χ3n) is 4.25. The molecule has 152 valence electrons. The SMILES string of the molecule is CC(C)(C)OC(=O)N[C@H](Cc1ccccc1)[C@@H](O)CNCCc1ccccc1. The molecule has 0 spiro atoms. The molecule has 0 radical (unpaired) electrons. The Balaban J connectivity index is 1.89. The molecule has 1 amide bonds. The first-order chi connectivity index (χ1) is 13.3. The molecule has 2 atom stereocenters. The third kappa shape index (κ3) is 8.55. The van der Waals surface area contributed by atoms with Gasteiger partial charge in [0.1, 0.15) is 5.60 Å². The number of ether oxygens (including phenoxy) is 1. The Bertz CT molecular complexity index is 699. The predicted molar refractivity (Wildman–Crippen MR) is 112 cm³/mol. The Morgan fingerprint density at radius 3 is 2.14 bits per heavy atom. The van der Waals surface area contributed by atoms with Gasteiger partial charge in [0.15, 0.2) is 0 Å². The molecule has 3 N–H and O–H groups in total. The van der Waals surface area contributed by atoms with Crippen molar-refractivity contribution in [1.29, 1.82) is 0 Å². The summed E-state index contributed by atoms with van der Waals surface area (Å²) in [6.07, 6.45) is 0.165. The zero-order valence-electron chi connectivity index (χ0n) is 17.0. The van der Waals surface area contributed by atoms with Gasteiger partial charge in [-0.1, -0.05) is 60.7 Å². The molecule has 0 aromatic heterocycles. The molecule has 0 heterocycles. The lowest BCUT2D eigenvalue weighted by Crippen LogP contribution is -2.50. The largest absolute Gasteiger partial charge is 0.444 e. The fourth-order valence-corrected chi connectivity index (χ4v) is 2.88. The number of nitrogens with one attached hydrogen (secondary N) is 2. The lowest BCUT2D eigenvalue weighted by Gasteiger charge is -2.27. The number of amides is 1. The van der Waals surface area contributed by atoms with Crippen LogP contribution in [0.25, 0.3) is 0 Å². The second-order valence-corrected chi connectivity index (χ2v) is 7.95. The van der Waals surface area contributed by atoms with Crippen LogP contribution < -0.4 is 10.6 Å². The molecule has 2 aromatic carbocycles. The van der Waals surface area contributed by atoms with Crippen molar-refractivity contribution in [1.82, 2.24) is 10.6 Å². The molecule has 28 heavy (non-hydrogen) atoms. The molecule has 0 saturated carbocycles. The standard InChI is InChI=1S/C23H32N2O3/c1-23(2,3)28-22(27)25-20(16-19-12-8-5-9-13-19)21(26)17-24-15-14-18-10-6-4-7-11-18/h4-13,20-21,24,26H,14-17H2,1-3H3,(H,25,27)/t20-,21+/m1/s1. The first kappa shape index (κ1) is 21.9. The molecule has 0 aliphatic heterocycles. The summed E-state index contributed by atoms with van der Waals surface area (Å²) in [6.45, 7) is 6.60. The van der Waals surface area contributed by atoms with Crippen LogP contribution in [0.3, 0.4) is 0 Å². The van der Waals surface area contributed by atoms with Crippen molar-refractivity contribution in [2.24, 2.45) is 0 Å². The van der Waals surface area contributed by atoms with Crippen molar-refractivity contribution in [3.05, 3.63) is 71.8 Å². The highest BCUT2D eigenvalue weighted by molar-refractivity contribution is 5.68. The van der Waals surface area contributed by atoms with Crippen molar-refractivity contribution >= 4 is 6.09 Å². The maximum Gasteiger partial charge on any atom is 0.407 e. The molecule has 0 bridgehead atoms. The molecule has 0 aliphatic carbocycles. The Morgan fingerprint density at radius 1 is 1.00 bits per heavy atom. The van der Waals surface area contributed by atoms with E-state index in [9.17, 15) is 9.90 Å². The minimum absolute atomic E-state index is 0.389. The lowest BCUT2D eigenvalue weighted by molar-refractivity contribution is 0.0423. The summed E-state index contributed by atoms with van der Waals surface area (Å²) in [5, 5.41) is 16.8. The second kappa shape index (κ2) is 10.8. The molecule has 5 nitrogen and oxygen atoms in total. The molecule has 2 aromatic rings. The van der Waals surface area contributed by atoms with Crippen LogP contribution in [0.5, 0.6) is 0 Å². The van der Waals surface area contributed by atoms with E-state index in [2.05, 4.69) is 22.8 Å². The van der Waals surface area contributed by atoms with Gasteiger partial charge in [-0.05, 0) is 51.3 Å². The maximum absolute atomic E-state index is 12.2. The van der Waals surface area contributed by atoms with Gasteiger partial charge < -0.3 is 20.5 Å². The van der Waals surface area contributed by atoms with Crippen molar-refractivity contribution in [2.75, 3.05) is 13.1 Å². The first-order valence-corrected chi connectivity index (χ1v) is 9.79. The maximum atomic E-state index is 12.2. The van der Waals surface area contributed by atoms with Crippen molar-refractivity contribution in [3.8, 4) is 0 Å². The number of rotatable bonds is 9. The van der Waals surface area contributed by atoms with Crippen LogP contribution in [0, 0.1) is 0 Å². The van der Waals surface area contributed by atoms with E-state index in [1.807, 2.05) is 69.3 Å². The highest BCUT2D eigenvalue weighted by Crippen LogP contribution is 2.10. The van der Waals surface area contributed by atoms with Crippen LogP contribution in [-0.4, -0.2) is 42.0 Å². The molecule has 0 fully saturated rings. The molecule has 0 unspecified atom stereocenters. The van der Waals surface area contributed by atoms with E-state index in [1.165, 1.54) is 5.56 Å². The van der Waals surface area contributed by atoms with Crippen molar-refractivity contribution in [3.63, 3.8) is 0 Å². The molecule has 5 heteroatoms. The number of hydrogen-bond donors (Lipinski definition) is 3. The first-order valence-electron chi connectivity index (χ1n) is 9.79. The van der Waals surface area contributed by atoms with Gasteiger partial charge in [0, 0.05) is 6.54 Å². The number of benzene rings is 2. The Kier molecular flexibility index (Phi) is 8.48. The number of carbonyl (C=O) groups excluding carboxylic acids is 1. The van der Waals surface area contributed by atoms with Crippen molar-refractivity contribution in [2.45, 2.75) is 51.4 Å². The molecular formula is C23H32N2O3. The van der Waals surface area contributed by atoms with Crippen LogP contribution >= 0.6 is 0 Å². The number of aliphatic hydroxyl groups excluding tert-OH is 1. The summed E-state index contributed by atoms with van der Waals surface area (Å²) in [7, 11) is 0. The van der Waals surface area contributed by atoms with Crippen LogP contribution in [0.15, 0.2) is 60.7 Å². The zero-order chi connectivity index (χ0) is 20.4. The van der Waals surface area contributed by atoms with Gasteiger partial charge in [-0.3, -0.25) is 0 Å². The van der Waals surface area contributed by atoms with E-state index in [1.54, 1.807) is 0 Å². The smallest absolute Gasteiger partial charge is 0.407 e. The summed E-state index contributed by atoms with van der Waals surface area (Å²) in [5.74, 6) is 0. The van der Waals surface area contributed by atoms with Gasteiger partial charge in [-0.25, -0.2) is 4.79 Å². The highest BCUT2D eigenvalue weighted by atomic mass is 16.6. The number of carbonyl (C=O) groups is 1. The summed E-state index contributed by atoms with van der Waals surface area (Å²) < 4.78 is 5.36. The van der Waals surface area contributed by atoms with E-state index < -0.39 is 23.8 Å². The van der Waals surface area contributed by atoms with E-state index in [-0.39, 0.29) is 0 Å². The number of aliphatic hydroxyl groups is 1. The quantitative estimate of drug-likeness (QED) is 0.580. The number of alkyl carbamates (subject to hydrolysis) is 1. The minimum atomic E-state index is -0.733. The Morgan fingerprint density at radius 2 is 1.57 bits per heavy atom.